The Bertz CT molecular complexity index is 171. The van der Waals surface area contributed by atoms with Gasteiger partial charge < -0.3 is 9.84 Å². The maximum Gasteiger partial charge on any atom is 0.417 e. The van der Waals surface area contributed by atoms with E-state index in [-0.39, 0.29) is 0 Å². The van der Waals surface area contributed by atoms with Crippen molar-refractivity contribution in [3.63, 3.8) is 0 Å². The number of alkyl carbamates (subject to hydrolysis) is 1. The number of ether oxygens (including phenoxy) is 1. The van der Waals surface area contributed by atoms with Gasteiger partial charge in [-0.2, -0.15) is 0 Å². The number of hydrogen-bond acceptors (Lipinski definition) is 3. The number of carbonyl (C=O) groups excluding carboxylic acids is 1. The molecule has 0 spiro atoms. The second-order valence-electron chi connectivity index (χ2n) is 2.93. The third kappa shape index (κ3) is 13.7. The lowest BCUT2D eigenvalue weighted by Crippen LogP contribution is -2.35. The molecule has 0 radical (unpaired) electrons. The average Bonchev–Trinajstić information content (AvgIpc) is 1.85. The highest BCUT2D eigenvalue weighted by Crippen LogP contribution is 2.05. The summed E-state index contributed by atoms with van der Waals surface area (Å²) in [6, 6.07) is 0. The standard InChI is InChI=1S/C6H11NO4.C2H6/c1-6(2,3)11-5(10)7-4(8)9;1-2/h1-3H3,(H,7,10)(H,8,9);1-2H3. The van der Waals surface area contributed by atoms with Crippen LogP contribution in [-0.4, -0.2) is 22.9 Å². The fourth-order valence-electron chi connectivity index (χ4n) is 0.391. The molecule has 0 saturated carbocycles. The van der Waals surface area contributed by atoms with Crippen LogP contribution in [0.3, 0.4) is 0 Å². The van der Waals surface area contributed by atoms with Gasteiger partial charge in [0, 0.05) is 0 Å². The fraction of sp³-hybridized carbons (Fsp3) is 0.750. The van der Waals surface area contributed by atoms with E-state index in [1.807, 2.05) is 13.8 Å². The summed E-state index contributed by atoms with van der Waals surface area (Å²) in [5, 5.41) is 9.62. The van der Waals surface area contributed by atoms with E-state index in [1.165, 1.54) is 0 Å². The van der Waals surface area contributed by atoms with Crippen LogP contribution in [0.25, 0.3) is 0 Å². The fourth-order valence-corrected chi connectivity index (χ4v) is 0.391. The topological polar surface area (TPSA) is 75.6 Å². The Hall–Kier alpha value is -1.26. The summed E-state index contributed by atoms with van der Waals surface area (Å²) in [6.45, 7) is 8.94. The molecule has 0 aliphatic rings. The molecule has 13 heavy (non-hydrogen) atoms. The summed E-state index contributed by atoms with van der Waals surface area (Å²) in [4.78, 5) is 20.4. The molecule has 0 aromatic heterocycles. The second-order valence-corrected chi connectivity index (χ2v) is 2.93. The van der Waals surface area contributed by atoms with Gasteiger partial charge in [-0.1, -0.05) is 13.8 Å². The number of rotatable bonds is 0. The summed E-state index contributed by atoms with van der Waals surface area (Å²) < 4.78 is 4.62. The van der Waals surface area contributed by atoms with Crippen LogP contribution in [0, 0.1) is 0 Å². The summed E-state index contributed by atoms with van der Waals surface area (Å²) in [5.74, 6) is 0. The Kier molecular flexibility index (Phi) is 6.89. The first-order valence-electron chi connectivity index (χ1n) is 4.04. The molecule has 0 aliphatic heterocycles. The van der Waals surface area contributed by atoms with Gasteiger partial charge in [0.1, 0.15) is 5.60 Å². The molecule has 0 bridgehead atoms. The molecule has 0 heterocycles. The van der Waals surface area contributed by atoms with Crippen LogP contribution in [0.15, 0.2) is 0 Å². The highest BCUT2D eigenvalue weighted by atomic mass is 16.6. The van der Waals surface area contributed by atoms with Gasteiger partial charge in [0.15, 0.2) is 0 Å². The van der Waals surface area contributed by atoms with Gasteiger partial charge in [-0.15, -0.1) is 0 Å². The predicted molar refractivity (Wildman–Crippen MR) is 48.7 cm³/mol. The lowest BCUT2D eigenvalue weighted by Gasteiger charge is -2.18. The second kappa shape index (κ2) is 6.28. The quantitative estimate of drug-likeness (QED) is 0.615. The van der Waals surface area contributed by atoms with Crippen LogP contribution in [0.4, 0.5) is 9.59 Å². The van der Waals surface area contributed by atoms with Gasteiger partial charge >= 0.3 is 12.2 Å². The number of imide groups is 1. The Morgan fingerprint density at radius 1 is 1.23 bits per heavy atom. The third-order valence-electron chi connectivity index (χ3n) is 0.608. The van der Waals surface area contributed by atoms with E-state index >= 15 is 0 Å². The summed E-state index contributed by atoms with van der Waals surface area (Å²) in [5.41, 5.74) is -0.667. The maximum absolute atomic E-state index is 10.6. The zero-order chi connectivity index (χ0) is 11.1. The molecule has 0 saturated heterocycles. The lowest BCUT2D eigenvalue weighted by atomic mass is 10.2. The number of nitrogens with one attached hydrogen (secondary N) is 1. The molecular weight excluding hydrogens is 174 g/mol. The number of amides is 2. The van der Waals surface area contributed by atoms with E-state index in [0.29, 0.717) is 0 Å². The third-order valence-corrected chi connectivity index (χ3v) is 0.608. The van der Waals surface area contributed by atoms with Gasteiger partial charge in [0.2, 0.25) is 0 Å². The first kappa shape index (κ1) is 14.3. The minimum Gasteiger partial charge on any atom is -0.465 e. The number of hydrogen-bond donors (Lipinski definition) is 2. The van der Waals surface area contributed by atoms with E-state index < -0.39 is 17.8 Å². The van der Waals surface area contributed by atoms with E-state index in [4.69, 9.17) is 5.11 Å². The number of carbonyl (C=O) groups is 2. The van der Waals surface area contributed by atoms with Gasteiger partial charge in [0.25, 0.3) is 0 Å². The molecule has 2 N–H and O–H groups in total. The molecule has 2 amide bonds. The first-order chi connectivity index (χ1) is 5.81. The molecule has 78 valence electrons. The van der Waals surface area contributed by atoms with Gasteiger partial charge in [0.05, 0.1) is 0 Å². The van der Waals surface area contributed by atoms with Crippen LogP contribution in [-0.2, 0) is 4.74 Å². The van der Waals surface area contributed by atoms with Crippen molar-refractivity contribution in [2.45, 2.75) is 40.2 Å². The largest absolute Gasteiger partial charge is 0.465 e. The molecule has 0 rings (SSSR count). The predicted octanol–water partition coefficient (Wildman–Crippen LogP) is 2.22. The minimum absolute atomic E-state index is 0.667. The van der Waals surface area contributed by atoms with Crippen molar-refractivity contribution in [3.05, 3.63) is 0 Å². The smallest absolute Gasteiger partial charge is 0.417 e. The van der Waals surface area contributed by atoms with Crippen molar-refractivity contribution in [1.29, 1.82) is 0 Å². The van der Waals surface area contributed by atoms with Gasteiger partial charge in [-0.3, -0.25) is 0 Å². The van der Waals surface area contributed by atoms with E-state index in [0.717, 1.165) is 0 Å². The van der Waals surface area contributed by atoms with Crippen LogP contribution in [0.2, 0.25) is 0 Å². The maximum atomic E-state index is 10.6. The molecule has 0 atom stereocenters. The lowest BCUT2D eigenvalue weighted by molar-refractivity contribution is 0.0530. The molecule has 5 nitrogen and oxygen atoms in total. The summed E-state index contributed by atoms with van der Waals surface area (Å²) in [7, 11) is 0. The zero-order valence-corrected chi connectivity index (χ0v) is 8.67. The van der Waals surface area contributed by atoms with Crippen molar-refractivity contribution < 1.29 is 19.4 Å². The first-order valence-corrected chi connectivity index (χ1v) is 4.04. The number of carboxylic acid groups (broad SMARTS) is 1. The van der Waals surface area contributed by atoms with Crippen molar-refractivity contribution in [2.75, 3.05) is 0 Å². The Balaban J connectivity index is 0. The Morgan fingerprint density at radius 3 is 1.85 bits per heavy atom. The van der Waals surface area contributed by atoms with E-state index in [1.54, 1.807) is 26.1 Å². The van der Waals surface area contributed by atoms with Gasteiger partial charge in [-0.05, 0) is 20.8 Å². The van der Waals surface area contributed by atoms with Crippen molar-refractivity contribution in [2.24, 2.45) is 0 Å². The van der Waals surface area contributed by atoms with Gasteiger partial charge in [-0.25, -0.2) is 14.9 Å². The van der Waals surface area contributed by atoms with E-state index in [9.17, 15) is 9.59 Å². The molecule has 0 unspecified atom stereocenters. The zero-order valence-electron chi connectivity index (χ0n) is 8.67. The van der Waals surface area contributed by atoms with Crippen LogP contribution in [0.1, 0.15) is 34.6 Å². The average molecular weight is 191 g/mol. The monoisotopic (exact) mass is 191 g/mol. The molecule has 5 heteroatoms. The minimum atomic E-state index is -1.42. The van der Waals surface area contributed by atoms with Crippen molar-refractivity contribution in [3.8, 4) is 0 Å². The van der Waals surface area contributed by atoms with Crippen molar-refractivity contribution >= 4 is 12.2 Å². The molecule has 0 fully saturated rings. The van der Waals surface area contributed by atoms with Crippen LogP contribution in [0.5, 0.6) is 0 Å². The summed E-state index contributed by atoms with van der Waals surface area (Å²) >= 11 is 0. The Morgan fingerprint density at radius 2 is 1.62 bits per heavy atom. The molecular formula is C8H17NO4. The van der Waals surface area contributed by atoms with Crippen LogP contribution < -0.4 is 5.32 Å². The van der Waals surface area contributed by atoms with E-state index in [2.05, 4.69) is 4.74 Å². The van der Waals surface area contributed by atoms with Crippen molar-refractivity contribution in [1.82, 2.24) is 5.32 Å². The Labute approximate surface area is 78.1 Å². The summed E-state index contributed by atoms with van der Waals surface area (Å²) in [6.07, 6.45) is -2.37. The molecule has 0 aliphatic carbocycles. The SMILES string of the molecule is CC.CC(C)(C)OC(=O)NC(=O)O. The highest BCUT2D eigenvalue weighted by molar-refractivity contribution is 5.86. The normalized spacial score (nSPS) is 9.31. The highest BCUT2D eigenvalue weighted by Gasteiger charge is 2.17. The molecule has 0 aromatic carbocycles. The molecule has 0 aromatic rings. The van der Waals surface area contributed by atoms with Crippen LogP contribution >= 0.6 is 0 Å².